The number of likely N-dealkylation sites (N-methyl/N-ethyl adjacent to an activating group) is 1. The van der Waals surface area contributed by atoms with E-state index in [4.69, 9.17) is 0 Å². The molecule has 0 aliphatic carbocycles. The normalized spacial score (nSPS) is 27.4. The molecule has 1 unspecified atom stereocenters. The van der Waals surface area contributed by atoms with Crippen molar-refractivity contribution in [1.82, 2.24) is 10.2 Å². The van der Waals surface area contributed by atoms with Crippen molar-refractivity contribution in [2.24, 2.45) is 4.36 Å². The second-order valence-electron chi connectivity index (χ2n) is 4.05. The Morgan fingerprint density at radius 2 is 2.20 bits per heavy atom. The van der Waals surface area contributed by atoms with E-state index in [2.05, 4.69) is 9.68 Å². The number of nitrogens with zero attached hydrogens (tertiary/aromatic N) is 2. The molecule has 1 N–H and O–H groups in total. The van der Waals surface area contributed by atoms with E-state index in [1.807, 2.05) is 0 Å². The second kappa shape index (κ2) is 5.58. The van der Waals surface area contributed by atoms with Crippen molar-refractivity contribution in [2.45, 2.75) is 12.8 Å². The molecule has 0 saturated carbocycles. The predicted molar refractivity (Wildman–Crippen MR) is 61.1 cm³/mol. The van der Waals surface area contributed by atoms with E-state index in [0.29, 0.717) is 11.6 Å². The van der Waals surface area contributed by atoms with Crippen LogP contribution in [0.1, 0.15) is 12.8 Å². The molecule has 88 valence electrons. The van der Waals surface area contributed by atoms with Crippen molar-refractivity contribution in [1.29, 1.82) is 0 Å². The first kappa shape index (κ1) is 12.6. The van der Waals surface area contributed by atoms with Crippen molar-refractivity contribution >= 4 is 15.6 Å². The minimum Gasteiger partial charge on any atom is -0.305 e. The minimum absolute atomic E-state index is 0.233. The van der Waals surface area contributed by atoms with Crippen LogP contribution in [-0.4, -0.2) is 53.8 Å². The summed E-state index contributed by atoms with van der Waals surface area (Å²) in [7, 11) is 1.26. The summed E-state index contributed by atoms with van der Waals surface area (Å²) in [4.78, 5) is 13.2. The van der Waals surface area contributed by atoms with E-state index in [1.165, 1.54) is 0 Å². The number of rotatable bonds is 2. The zero-order valence-corrected chi connectivity index (χ0v) is 10.2. The van der Waals surface area contributed by atoms with Crippen LogP contribution in [0.25, 0.3) is 0 Å². The van der Waals surface area contributed by atoms with Gasteiger partial charge in [0.25, 0.3) is 5.91 Å². The molecule has 0 aromatic heterocycles. The van der Waals surface area contributed by atoms with E-state index < -0.39 is 9.73 Å². The molecule has 1 rings (SSSR count). The third-order valence-electron chi connectivity index (χ3n) is 2.11. The molecule has 1 atom stereocenters. The van der Waals surface area contributed by atoms with Gasteiger partial charge in [-0.3, -0.25) is 4.79 Å². The molecule has 0 aromatic carbocycles. The van der Waals surface area contributed by atoms with E-state index in [0.717, 1.165) is 19.4 Å². The van der Waals surface area contributed by atoms with Gasteiger partial charge in [0.1, 0.15) is 0 Å². The Balaban J connectivity index is 2.69. The molecule has 1 fully saturated rings. The van der Waals surface area contributed by atoms with Gasteiger partial charge in [0.15, 0.2) is 0 Å². The molecule has 0 spiro atoms. The van der Waals surface area contributed by atoms with Crippen molar-refractivity contribution in [3.63, 3.8) is 0 Å². The van der Waals surface area contributed by atoms with Crippen LogP contribution in [0.3, 0.4) is 0 Å². The summed E-state index contributed by atoms with van der Waals surface area (Å²) in [5, 5.41) is 3.06. The molecule has 15 heavy (non-hydrogen) atoms. The highest BCUT2D eigenvalue weighted by Gasteiger charge is 2.14. The van der Waals surface area contributed by atoms with Crippen molar-refractivity contribution in [2.75, 3.05) is 38.8 Å². The Kier molecular flexibility index (Phi) is 4.69. The summed E-state index contributed by atoms with van der Waals surface area (Å²) in [6.45, 7) is 1.10. The highest BCUT2D eigenvalue weighted by Crippen LogP contribution is 2.05. The average Bonchev–Trinajstić information content (AvgIpc) is 2.27. The largest absolute Gasteiger partial charge is 0.305 e. The number of hydrogen-bond donors (Lipinski definition) is 1. The molecule has 0 bridgehead atoms. The van der Waals surface area contributed by atoms with Gasteiger partial charge < -0.3 is 10.2 Å². The Hall–Kier alpha value is -0.460. The lowest BCUT2D eigenvalue weighted by Gasteiger charge is -2.08. The summed E-state index contributed by atoms with van der Waals surface area (Å²) in [6, 6.07) is 0. The monoisotopic (exact) mass is 233 g/mol. The van der Waals surface area contributed by atoms with Gasteiger partial charge in [0.05, 0.1) is 22.2 Å². The van der Waals surface area contributed by atoms with Crippen LogP contribution in [0.4, 0.5) is 0 Å². The standard InChI is InChI=1S/C9H19N3O2S/c1-12(2)7-9(13)11-15(14)6-4-3-5-10-8-15/h10H,3-8H2,1-2H3. The zero-order valence-electron chi connectivity index (χ0n) is 9.36. The summed E-state index contributed by atoms with van der Waals surface area (Å²) >= 11 is 0. The van der Waals surface area contributed by atoms with Gasteiger partial charge in [-0.05, 0) is 33.5 Å². The molecular formula is C9H19N3O2S. The van der Waals surface area contributed by atoms with Crippen LogP contribution in [0.2, 0.25) is 0 Å². The Labute approximate surface area is 91.4 Å². The van der Waals surface area contributed by atoms with Gasteiger partial charge in [-0.2, -0.15) is 4.36 Å². The molecule has 0 radical (unpaired) electrons. The van der Waals surface area contributed by atoms with Crippen LogP contribution in [-0.2, 0) is 14.5 Å². The fourth-order valence-corrected chi connectivity index (χ4v) is 3.29. The summed E-state index contributed by atoms with van der Waals surface area (Å²) in [5.41, 5.74) is 0. The molecule has 1 amide bonds. The summed E-state index contributed by atoms with van der Waals surface area (Å²) < 4.78 is 16.0. The number of nitrogens with one attached hydrogen (secondary N) is 1. The number of hydrogen-bond acceptors (Lipinski definition) is 4. The Bertz CT molecular complexity index is 318. The van der Waals surface area contributed by atoms with Crippen molar-refractivity contribution < 1.29 is 9.00 Å². The van der Waals surface area contributed by atoms with Crippen LogP contribution in [0.5, 0.6) is 0 Å². The first-order chi connectivity index (χ1) is 7.02. The van der Waals surface area contributed by atoms with Crippen molar-refractivity contribution in [3.05, 3.63) is 0 Å². The van der Waals surface area contributed by atoms with E-state index in [-0.39, 0.29) is 12.5 Å². The maximum Gasteiger partial charge on any atom is 0.267 e. The lowest BCUT2D eigenvalue weighted by Crippen LogP contribution is -2.25. The third kappa shape index (κ3) is 4.72. The highest BCUT2D eigenvalue weighted by atomic mass is 32.2. The topological polar surface area (TPSA) is 61.8 Å². The maximum atomic E-state index is 12.1. The Morgan fingerprint density at radius 1 is 1.47 bits per heavy atom. The number of carbonyl (C=O) groups excluding carboxylic acids is 1. The Morgan fingerprint density at radius 3 is 2.87 bits per heavy atom. The lowest BCUT2D eigenvalue weighted by atomic mass is 10.3. The lowest BCUT2D eigenvalue weighted by molar-refractivity contribution is -0.118. The van der Waals surface area contributed by atoms with Crippen LogP contribution >= 0.6 is 0 Å². The first-order valence-electron chi connectivity index (χ1n) is 5.13. The van der Waals surface area contributed by atoms with Crippen molar-refractivity contribution in [3.8, 4) is 0 Å². The molecule has 1 heterocycles. The highest BCUT2D eigenvalue weighted by molar-refractivity contribution is 7.93. The zero-order chi connectivity index (χ0) is 11.3. The fraction of sp³-hybridized carbons (Fsp3) is 0.889. The molecule has 1 aliphatic rings. The van der Waals surface area contributed by atoms with Crippen LogP contribution in [0.15, 0.2) is 4.36 Å². The van der Waals surface area contributed by atoms with Gasteiger partial charge in [-0.1, -0.05) is 0 Å². The van der Waals surface area contributed by atoms with Crippen LogP contribution < -0.4 is 5.32 Å². The quantitative estimate of drug-likeness (QED) is 0.722. The van der Waals surface area contributed by atoms with E-state index in [1.54, 1.807) is 19.0 Å². The predicted octanol–water partition coefficient (Wildman–Crippen LogP) is -0.116. The van der Waals surface area contributed by atoms with E-state index >= 15 is 0 Å². The molecule has 6 heteroatoms. The van der Waals surface area contributed by atoms with Gasteiger partial charge in [0.2, 0.25) is 0 Å². The maximum absolute atomic E-state index is 12.1. The second-order valence-corrected chi connectivity index (χ2v) is 6.48. The minimum atomic E-state index is -2.33. The molecule has 0 aromatic rings. The molecule has 5 nitrogen and oxygen atoms in total. The number of amides is 1. The molecule has 1 saturated heterocycles. The smallest absolute Gasteiger partial charge is 0.267 e. The molecular weight excluding hydrogens is 214 g/mol. The average molecular weight is 233 g/mol. The van der Waals surface area contributed by atoms with Gasteiger partial charge >= 0.3 is 0 Å². The number of carbonyl (C=O) groups is 1. The van der Waals surface area contributed by atoms with Gasteiger partial charge in [-0.15, -0.1) is 0 Å². The van der Waals surface area contributed by atoms with E-state index in [9.17, 15) is 9.00 Å². The first-order valence-corrected chi connectivity index (χ1v) is 6.98. The summed E-state index contributed by atoms with van der Waals surface area (Å²) in [6.07, 6.45) is 1.89. The summed E-state index contributed by atoms with van der Waals surface area (Å²) in [5.74, 6) is 0.611. The fourth-order valence-electron chi connectivity index (χ4n) is 1.44. The van der Waals surface area contributed by atoms with Crippen LogP contribution in [0, 0.1) is 0 Å². The molecule has 1 aliphatic heterocycles. The third-order valence-corrected chi connectivity index (χ3v) is 4.23. The van der Waals surface area contributed by atoms with Gasteiger partial charge in [0, 0.05) is 5.75 Å². The van der Waals surface area contributed by atoms with Gasteiger partial charge in [-0.25, -0.2) is 4.21 Å². The SMILES string of the molecule is CN(C)CC(=O)N=S1(=O)CCCCNC1.